The molecule has 0 bridgehead atoms. The molecule has 0 aliphatic rings. The van der Waals surface area contributed by atoms with Crippen LogP contribution in [0.15, 0.2) is 18.2 Å². The van der Waals surface area contributed by atoms with Gasteiger partial charge in [0.2, 0.25) is 0 Å². The lowest BCUT2D eigenvalue weighted by Gasteiger charge is -1.99. The summed E-state index contributed by atoms with van der Waals surface area (Å²) in [7, 11) is 0. The maximum Gasteiger partial charge on any atom is 0.270 e. The zero-order valence-corrected chi connectivity index (χ0v) is 13.1. The maximum absolute atomic E-state index is 12.2. The molecule has 3 aromatic rings. The van der Waals surface area contributed by atoms with E-state index in [0.29, 0.717) is 22.8 Å². The first-order chi connectivity index (χ1) is 10.2. The van der Waals surface area contributed by atoms with Gasteiger partial charge >= 0.3 is 0 Å². The summed E-state index contributed by atoms with van der Waals surface area (Å²) < 4.78 is 3.82. The Morgan fingerprint density at radius 3 is 3.00 bits per heavy atom. The molecule has 0 unspecified atom stereocenters. The highest BCUT2D eigenvalue weighted by Crippen LogP contribution is 2.27. The Bertz CT molecular complexity index is 773. The van der Waals surface area contributed by atoms with Gasteiger partial charge in [-0.3, -0.25) is 9.89 Å². The molecule has 0 spiro atoms. The van der Waals surface area contributed by atoms with Gasteiger partial charge in [0.1, 0.15) is 4.88 Å². The molecule has 1 amide bonds. The van der Waals surface area contributed by atoms with Gasteiger partial charge in [0.15, 0.2) is 5.82 Å². The minimum absolute atomic E-state index is 0.220. The number of anilines is 1. The Morgan fingerprint density at radius 2 is 2.29 bits per heavy atom. The fourth-order valence-electron chi connectivity index (χ4n) is 1.88. The number of aromatic nitrogens is 4. The second-order valence-electron chi connectivity index (χ2n) is 4.43. The summed E-state index contributed by atoms with van der Waals surface area (Å²) in [5.74, 6) is 0.277. The molecule has 0 saturated heterocycles. The molecule has 3 aromatic heterocycles. The van der Waals surface area contributed by atoms with E-state index in [1.165, 1.54) is 4.88 Å². The van der Waals surface area contributed by atoms with Crippen molar-refractivity contribution < 1.29 is 4.79 Å². The zero-order chi connectivity index (χ0) is 14.8. The summed E-state index contributed by atoms with van der Waals surface area (Å²) in [5, 5.41) is 13.8. The first-order valence-electron chi connectivity index (χ1n) is 6.42. The molecule has 0 atom stereocenters. The smallest absolute Gasteiger partial charge is 0.270 e. The molecule has 3 rings (SSSR count). The fraction of sp³-hybridized carbons (Fsp3) is 0.231. The van der Waals surface area contributed by atoms with Crippen LogP contribution in [0.25, 0.3) is 10.6 Å². The average Bonchev–Trinajstić information content (AvgIpc) is 3.17. The molecule has 0 aliphatic carbocycles. The quantitative estimate of drug-likeness (QED) is 0.774. The minimum atomic E-state index is -0.220. The molecule has 3 heterocycles. The Hall–Kier alpha value is -2.06. The molecule has 0 fully saturated rings. The van der Waals surface area contributed by atoms with E-state index in [0.717, 1.165) is 22.1 Å². The average molecular weight is 319 g/mol. The molecule has 21 heavy (non-hydrogen) atoms. The van der Waals surface area contributed by atoms with E-state index >= 15 is 0 Å². The second kappa shape index (κ2) is 5.74. The molecule has 6 nitrogen and oxygen atoms in total. The Morgan fingerprint density at radius 1 is 1.43 bits per heavy atom. The predicted molar refractivity (Wildman–Crippen MR) is 83.9 cm³/mol. The summed E-state index contributed by atoms with van der Waals surface area (Å²) in [5.41, 5.74) is 1.60. The van der Waals surface area contributed by atoms with Crippen LogP contribution in [-0.4, -0.2) is 25.7 Å². The van der Waals surface area contributed by atoms with Crippen molar-refractivity contribution >= 4 is 34.6 Å². The van der Waals surface area contributed by atoms with E-state index in [1.807, 2.05) is 19.1 Å². The number of nitrogens with one attached hydrogen (secondary N) is 2. The van der Waals surface area contributed by atoms with E-state index in [1.54, 1.807) is 11.3 Å². The number of aryl methyl sites for hydroxylation is 2. The molecule has 0 aromatic carbocycles. The van der Waals surface area contributed by atoms with E-state index in [4.69, 9.17) is 0 Å². The van der Waals surface area contributed by atoms with Crippen LogP contribution >= 0.6 is 22.9 Å². The van der Waals surface area contributed by atoms with Crippen molar-refractivity contribution in [3.63, 3.8) is 0 Å². The van der Waals surface area contributed by atoms with E-state index in [9.17, 15) is 4.79 Å². The number of carbonyl (C=O) groups excluding carboxylic acids is 1. The van der Waals surface area contributed by atoms with Crippen LogP contribution in [0.1, 0.15) is 27.2 Å². The number of thiophene rings is 1. The molecule has 0 radical (unpaired) electrons. The van der Waals surface area contributed by atoms with Gasteiger partial charge in [-0.2, -0.15) is 5.10 Å². The van der Waals surface area contributed by atoms with Crippen LogP contribution in [0, 0.1) is 6.92 Å². The van der Waals surface area contributed by atoms with Crippen LogP contribution in [0.2, 0.25) is 0 Å². The third kappa shape index (κ3) is 2.86. The van der Waals surface area contributed by atoms with Crippen LogP contribution in [0.5, 0.6) is 0 Å². The van der Waals surface area contributed by atoms with Crippen LogP contribution in [-0.2, 0) is 6.42 Å². The Balaban J connectivity index is 1.77. The third-order valence-corrected chi connectivity index (χ3v) is 4.72. The number of hydrogen-bond acceptors (Lipinski definition) is 6. The standard InChI is InChI=1S/C13H13N5OS2/c1-3-8-12(21-18-16-8)13(19)14-11-6-9(15-17-11)10-5-4-7(2)20-10/h4-6H,3H2,1-2H3,(H2,14,15,17,19). The van der Waals surface area contributed by atoms with Crippen molar-refractivity contribution in [2.24, 2.45) is 0 Å². The lowest BCUT2D eigenvalue weighted by molar-refractivity contribution is 0.102. The summed E-state index contributed by atoms with van der Waals surface area (Å²) in [6, 6.07) is 5.90. The summed E-state index contributed by atoms with van der Waals surface area (Å²) in [6.45, 7) is 4.00. The lowest BCUT2D eigenvalue weighted by atomic mass is 10.3. The van der Waals surface area contributed by atoms with Crippen molar-refractivity contribution in [2.75, 3.05) is 5.32 Å². The topological polar surface area (TPSA) is 83.6 Å². The van der Waals surface area contributed by atoms with E-state index < -0.39 is 0 Å². The van der Waals surface area contributed by atoms with Gasteiger partial charge in [0.25, 0.3) is 5.91 Å². The molecule has 2 N–H and O–H groups in total. The third-order valence-electron chi connectivity index (χ3n) is 2.92. The lowest BCUT2D eigenvalue weighted by Crippen LogP contribution is -2.12. The number of rotatable bonds is 4. The fourth-order valence-corrected chi connectivity index (χ4v) is 3.36. The van der Waals surface area contributed by atoms with Crippen LogP contribution in [0.4, 0.5) is 5.82 Å². The zero-order valence-electron chi connectivity index (χ0n) is 11.5. The first kappa shape index (κ1) is 13.9. The normalized spacial score (nSPS) is 10.8. The minimum Gasteiger partial charge on any atom is -0.304 e. The number of amides is 1. The SMILES string of the molecule is CCc1nnsc1C(=O)Nc1cc(-c2ccc(C)s2)[nH]n1. The van der Waals surface area contributed by atoms with E-state index in [2.05, 4.69) is 38.1 Å². The van der Waals surface area contributed by atoms with Crippen molar-refractivity contribution in [3.8, 4) is 10.6 Å². The van der Waals surface area contributed by atoms with Crippen LogP contribution < -0.4 is 5.32 Å². The molecular formula is C13H13N5OS2. The highest BCUT2D eigenvalue weighted by molar-refractivity contribution is 7.15. The molecular weight excluding hydrogens is 306 g/mol. The van der Waals surface area contributed by atoms with Crippen molar-refractivity contribution in [2.45, 2.75) is 20.3 Å². The largest absolute Gasteiger partial charge is 0.304 e. The number of aromatic amines is 1. The highest BCUT2D eigenvalue weighted by atomic mass is 32.1. The van der Waals surface area contributed by atoms with Gasteiger partial charge in [0, 0.05) is 10.9 Å². The summed E-state index contributed by atoms with van der Waals surface area (Å²) >= 11 is 2.77. The summed E-state index contributed by atoms with van der Waals surface area (Å²) in [4.78, 5) is 15.0. The van der Waals surface area contributed by atoms with Gasteiger partial charge < -0.3 is 5.32 Å². The number of nitrogens with zero attached hydrogens (tertiary/aromatic N) is 3. The number of carbonyl (C=O) groups is 1. The second-order valence-corrected chi connectivity index (χ2v) is 6.48. The van der Waals surface area contributed by atoms with E-state index in [-0.39, 0.29) is 5.91 Å². The van der Waals surface area contributed by atoms with Crippen molar-refractivity contribution in [3.05, 3.63) is 33.6 Å². The maximum atomic E-state index is 12.2. The molecule has 108 valence electrons. The van der Waals surface area contributed by atoms with Gasteiger partial charge in [-0.25, -0.2) is 0 Å². The molecule has 0 saturated carbocycles. The summed E-state index contributed by atoms with van der Waals surface area (Å²) in [6.07, 6.45) is 0.680. The number of hydrogen-bond donors (Lipinski definition) is 2. The number of H-pyrrole nitrogens is 1. The van der Waals surface area contributed by atoms with Gasteiger partial charge in [-0.15, -0.1) is 16.4 Å². The predicted octanol–water partition coefficient (Wildman–Crippen LogP) is 3.11. The molecule has 8 heteroatoms. The monoisotopic (exact) mass is 319 g/mol. The molecule has 0 aliphatic heterocycles. The van der Waals surface area contributed by atoms with Crippen molar-refractivity contribution in [1.82, 2.24) is 19.8 Å². The van der Waals surface area contributed by atoms with Gasteiger partial charge in [-0.1, -0.05) is 11.4 Å². The van der Waals surface area contributed by atoms with Crippen molar-refractivity contribution in [1.29, 1.82) is 0 Å². The Kier molecular flexibility index (Phi) is 3.80. The van der Waals surface area contributed by atoms with Gasteiger partial charge in [0.05, 0.1) is 16.3 Å². The van der Waals surface area contributed by atoms with Gasteiger partial charge in [-0.05, 0) is 37.0 Å². The van der Waals surface area contributed by atoms with Crippen LogP contribution in [0.3, 0.4) is 0 Å². The first-order valence-corrected chi connectivity index (χ1v) is 8.01. The highest BCUT2D eigenvalue weighted by Gasteiger charge is 2.16. The Labute approximate surface area is 129 Å².